The molecule has 0 bridgehead atoms. The Bertz CT molecular complexity index is 532. The van der Waals surface area contributed by atoms with Crippen molar-refractivity contribution in [3.05, 3.63) is 17.7 Å². The zero-order chi connectivity index (χ0) is 19.1. The first kappa shape index (κ1) is 20.8. The van der Waals surface area contributed by atoms with Crippen molar-refractivity contribution in [1.82, 2.24) is 4.90 Å². The lowest BCUT2D eigenvalue weighted by molar-refractivity contribution is -0.0826. The van der Waals surface area contributed by atoms with Crippen molar-refractivity contribution in [3.8, 4) is 17.2 Å². The summed E-state index contributed by atoms with van der Waals surface area (Å²) in [6.45, 7) is 6.95. The molecule has 1 fully saturated rings. The highest BCUT2D eigenvalue weighted by Gasteiger charge is 2.23. The third-order valence-corrected chi connectivity index (χ3v) is 4.27. The molecule has 2 rings (SSSR count). The van der Waals surface area contributed by atoms with E-state index in [9.17, 15) is 5.11 Å². The number of β-amino-alcohol motifs (C(OH)–C–C–N with tert-alkyl or cyclic N) is 1. The largest absolute Gasteiger partial charge is 0.493 e. The van der Waals surface area contributed by atoms with E-state index in [1.807, 2.05) is 12.1 Å². The van der Waals surface area contributed by atoms with Gasteiger partial charge in [-0.1, -0.05) is 0 Å². The van der Waals surface area contributed by atoms with Crippen LogP contribution in [0.3, 0.4) is 0 Å². The van der Waals surface area contributed by atoms with Gasteiger partial charge >= 0.3 is 0 Å². The number of ether oxygens (including phenoxy) is 5. The van der Waals surface area contributed by atoms with Crippen molar-refractivity contribution in [1.29, 1.82) is 0 Å². The predicted octanol–water partition coefficient (Wildman–Crippen LogP) is 1.70. The van der Waals surface area contributed by atoms with Crippen LogP contribution in [0, 0.1) is 0 Å². The van der Waals surface area contributed by atoms with Crippen molar-refractivity contribution < 1.29 is 28.8 Å². The molecule has 0 saturated carbocycles. The van der Waals surface area contributed by atoms with Gasteiger partial charge < -0.3 is 28.8 Å². The monoisotopic (exact) mass is 369 g/mol. The van der Waals surface area contributed by atoms with Gasteiger partial charge in [-0.05, 0) is 31.5 Å². The Kier molecular flexibility index (Phi) is 7.96. The highest BCUT2D eigenvalue weighted by Crippen LogP contribution is 2.38. The summed E-state index contributed by atoms with van der Waals surface area (Å²) in [4.78, 5) is 2.21. The fourth-order valence-electron chi connectivity index (χ4n) is 3.32. The van der Waals surface area contributed by atoms with Crippen LogP contribution in [-0.4, -0.2) is 75.9 Å². The number of aliphatic hydroxyl groups excluding tert-OH is 1. The summed E-state index contributed by atoms with van der Waals surface area (Å²) in [6.07, 6.45) is -0.174. The predicted molar refractivity (Wildman–Crippen MR) is 98.2 cm³/mol. The normalized spacial score (nSPS) is 22.1. The van der Waals surface area contributed by atoms with Gasteiger partial charge in [-0.2, -0.15) is 0 Å². The summed E-state index contributed by atoms with van der Waals surface area (Å²) in [5.74, 6) is 1.72. The minimum atomic E-state index is -0.547. The number of aliphatic hydroxyl groups is 1. The first-order valence-corrected chi connectivity index (χ1v) is 8.89. The van der Waals surface area contributed by atoms with Gasteiger partial charge in [0.1, 0.15) is 0 Å². The summed E-state index contributed by atoms with van der Waals surface area (Å²) in [7, 11) is 4.73. The highest BCUT2D eigenvalue weighted by molar-refractivity contribution is 5.53. The molecule has 0 aliphatic carbocycles. The Morgan fingerprint density at radius 1 is 1.08 bits per heavy atom. The summed E-state index contributed by atoms with van der Waals surface area (Å²) in [5.41, 5.74) is 0.889. The Labute approximate surface area is 155 Å². The van der Waals surface area contributed by atoms with E-state index in [2.05, 4.69) is 18.7 Å². The van der Waals surface area contributed by atoms with Crippen LogP contribution in [0.1, 0.15) is 19.4 Å². The van der Waals surface area contributed by atoms with E-state index in [-0.39, 0.29) is 18.8 Å². The number of methoxy groups -OCH3 is 3. The molecule has 1 N–H and O–H groups in total. The average Bonchev–Trinajstić information content (AvgIpc) is 2.59. The van der Waals surface area contributed by atoms with E-state index in [1.54, 1.807) is 21.3 Å². The zero-order valence-electron chi connectivity index (χ0n) is 16.4. The first-order valence-electron chi connectivity index (χ1n) is 8.89. The number of hydrogen-bond acceptors (Lipinski definition) is 7. The van der Waals surface area contributed by atoms with Crippen molar-refractivity contribution in [3.63, 3.8) is 0 Å². The maximum absolute atomic E-state index is 10.3. The van der Waals surface area contributed by atoms with Gasteiger partial charge in [0.15, 0.2) is 11.5 Å². The van der Waals surface area contributed by atoms with Gasteiger partial charge in [0.25, 0.3) is 0 Å². The van der Waals surface area contributed by atoms with Crippen LogP contribution in [-0.2, 0) is 16.1 Å². The molecule has 26 heavy (non-hydrogen) atoms. The van der Waals surface area contributed by atoms with E-state index < -0.39 is 6.10 Å². The quantitative estimate of drug-likeness (QED) is 0.710. The second-order valence-corrected chi connectivity index (χ2v) is 6.68. The van der Waals surface area contributed by atoms with Gasteiger partial charge in [-0.3, -0.25) is 4.90 Å². The molecule has 1 aliphatic rings. The Morgan fingerprint density at radius 3 is 2.15 bits per heavy atom. The van der Waals surface area contributed by atoms with Crippen LogP contribution >= 0.6 is 0 Å². The second kappa shape index (κ2) is 9.97. The van der Waals surface area contributed by atoms with Crippen LogP contribution in [0.2, 0.25) is 0 Å². The molecule has 1 saturated heterocycles. The molecule has 1 aliphatic heterocycles. The Morgan fingerprint density at radius 2 is 1.65 bits per heavy atom. The molecule has 1 heterocycles. The van der Waals surface area contributed by atoms with Gasteiger partial charge in [-0.15, -0.1) is 0 Å². The van der Waals surface area contributed by atoms with Crippen molar-refractivity contribution >= 4 is 0 Å². The highest BCUT2D eigenvalue weighted by atomic mass is 16.5. The fraction of sp³-hybridized carbons (Fsp3) is 0.684. The second-order valence-electron chi connectivity index (χ2n) is 6.68. The third-order valence-electron chi connectivity index (χ3n) is 4.27. The smallest absolute Gasteiger partial charge is 0.203 e. The van der Waals surface area contributed by atoms with Crippen LogP contribution in [0.5, 0.6) is 17.2 Å². The SMILES string of the molecule is COc1cc(COC[C@H](O)CN2C[C@@H](C)O[C@H](C)C2)cc(OC)c1OC. The fourth-order valence-corrected chi connectivity index (χ4v) is 3.32. The van der Waals surface area contributed by atoms with E-state index in [1.165, 1.54) is 0 Å². The van der Waals surface area contributed by atoms with Crippen LogP contribution in [0.15, 0.2) is 12.1 Å². The van der Waals surface area contributed by atoms with E-state index >= 15 is 0 Å². The standard InChI is InChI=1S/C19H31NO6/c1-13-8-20(9-14(2)26-13)10-16(21)12-25-11-15-6-17(22-3)19(24-5)18(7-15)23-4/h6-7,13-14,16,21H,8-12H2,1-5H3/t13-,14-,16-/m1/s1. The molecule has 7 heteroatoms. The first-order chi connectivity index (χ1) is 12.5. The Hall–Kier alpha value is -1.54. The number of nitrogens with zero attached hydrogens (tertiary/aromatic N) is 1. The molecule has 0 spiro atoms. The minimum absolute atomic E-state index is 0.186. The van der Waals surface area contributed by atoms with E-state index in [4.69, 9.17) is 23.7 Å². The molecule has 0 aromatic heterocycles. The lowest BCUT2D eigenvalue weighted by atomic mass is 10.2. The molecule has 0 unspecified atom stereocenters. The molecule has 148 valence electrons. The summed E-state index contributed by atoms with van der Waals surface area (Å²) >= 11 is 0. The number of benzene rings is 1. The molecule has 1 aromatic rings. The molecular formula is C19H31NO6. The minimum Gasteiger partial charge on any atom is -0.493 e. The lowest BCUT2D eigenvalue weighted by Gasteiger charge is -2.36. The Balaban J connectivity index is 1.85. The third kappa shape index (κ3) is 5.74. The number of hydrogen-bond donors (Lipinski definition) is 1. The zero-order valence-corrected chi connectivity index (χ0v) is 16.4. The van der Waals surface area contributed by atoms with E-state index in [0.29, 0.717) is 30.4 Å². The molecular weight excluding hydrogens is 338 g/mol. The summed E-state index contributed by atoms with van der Waals surface area (Å²) in [6, 6.07) is 3.69. The topological polar surface area (TPSA) is 69.6 Å². The maximum Gasteiger partial charge on any atom is 0.203 e. The van der Waals surface area contributed by atoms with Gasteiger partial charge in [0, 0.05) is 19.6 Å². The van der Waals surface area contributed by atoms with Crippen molar-refractivity contribution in [2.24, 2.45) is 0 Å². The molecule has 0 amide bonds. The maximum atomic E-state index is 10.3. The van der Waals surface area contributed by atoms with Gasteiger partial charge in [-0.25, -0.2) is 0 Å². The molecule has 3 atom stereocenters. The number of morpholine rings is 1. The van der Waals surface area contributed by atoms with Crippen molar-refractivity contribution in [2.45, 2.75) is 38.8 Å². The van der Waals surface area contributed by atoms with Crippen molar-refractivity contribution in [2.75, 3.05) is 47.6 Å². The van der Waals surface area contributed by atoms with Gasteiger partial charge in [0.2, 0.25) is 5.75 Å². The van der Waals surface area contributed by atoms with Crippen LogP contribution in [0.4, 0.5) is 0 Å². The van der Waals surface area contributed by atoms with E-state index in [0.717, 1.165) is 18.7 Å². The molecule has 1 aromatic carbocycles. The number of rotatable bonds is 9. The van der Waals surface area contributed by atoms with Crippen LogP contribution < -0.4 is 14.2 Å². The van der Waals surface area contributed by atoms with Crippen LogP contribution in [0.25, 0.3) is 0 Å². The average molecular weight is 369 g/mol. The summed E-state index contributed by atoms with van der Waals surface area (Å²) < 4.78 is 27.4. The molecule has 7 nitrogen and oxygen atoms in total. The van der Waals surface area contributed by atoms with Gasteiger partial charge in [0.05, 0.1) is 52.9 Å². The molecule has 0 radical (unpaired) electrons. The lowest BCUT2D eigenvalue weighted by Crippen LogP contribution is -2.48. The summed E-state index contributed by atoms with van der Waals surface area (Å²) in [5, 5.41) is 10.3.